The van der Waals surface area contributed by atoms with Crippen LogP contribution in [0, 0.1) is 17.0 Å². The molecule has 0 aromatic heterocycles. The fourth-order valence-corrected chi connectivity index (χ4v) is 4.50. The summed E-state index contributed by atoms with van der Waals surface area (Å²) in [5.41, 5.74) is 2.00. The van der Waals surface area contributed by atoms with Crippen LogP contribution in [0.25, 0.3) is 5.57 Å². The molecule has 0 aliphatic carbocycles. The second kappa shape index (κ2) is 8.37. The van der Waals surface area contributed by atoms with Crippen molar-refractivity contribution in [2.75, 3.05) is 18.0 Å². The first-order valence-electron chi connectivity index (χ1n) is 10.2. The average molecular weight is 456 g/mol. The molecule has 0 bridgehead atoms. The lowest BCUT2D eigenvalue weighted by atomic mass is 10.0. The number of anilines is 1. The number of benzene rings is 2. The number of halogens is 1. The molecule has 2 amide bonds. The van der Waals surface area contributed by atoms with E-state index in [0.717, 1.165) is 4.90 Å². The highest BCUT2D eigenvalue weighted by Crippen LogP contribution is 2.38. The Kier molecular flexibility index (Phi) is 5.75. The Morgan fingerprint density at radius 2 is 1.66 bits per heavy atom. The summed E-state index contributed by atoms with van der Waals surface area (Å²) < 4.78 is 5.80. The molecule has 9 heteroatoms. The van der Waals surface area contributed by atoms with Gasteiger partial charge >= 0.3 is 0 Å². The zero-order valence-corrected chi connectivity index (χ0v) is 18.6. The van der Waals surface area contributed by atoms with Gasteiger partial charge in [0, 0.05) is 30.2 Å². The summed E-state index contributed by atoms with van der Waals surface area (Å²) in [6.07, 6.45) is -0.253. The number of nitrogens with zero attached hydrogens (tertiary/aromatic N) is 3. The number of hydrogen-bond acceptors (Lipinski definition) is 6. The molecule has 4 rings (SSSR count). The van der Waals surface area contributed by atoms with Gasteiger partial charge in [0.1, 0.15) is 5.70 Å². The monoisotopic (exact) mass is 455 g/mol. The molecule has 0 N–H and O–H groups in total. The predicted octanol–water partition coefficient (Wildman–Crippen LogP) is 3.95. The molecule has 1 fully saturated rings. The first kappa shape index (κ1) is 22.0. The van der Waals surface area contributed by atoms with E-state index in [1.54, 1.807) is 25.1 Å². The summed E-state index contributed by atoms with van der Waals surface area (Å²) >= 11 is 6.07. The summed E-state index contributed by atoms with van der Waals surface area (Å²) in [5.74, 6) is -0.911. The van der Waals surface area contributed by atoms with Crippen LogP contribution in [0.4, 0.5) is 11.4 Å². The number of nitro groups is 1. The van der Waals surface area contributed by atoms with E-state index in [0.29, 0.717) is 34.9 Å². The number of imide groups is 1. The van der Waals surface area contributed by atoms with Gasteiger partial charge in [-0.1, -0.05) is 11.6 Å². The van der Waals surface area contributed by atoms with Gasteiger partial charge in [0.05, 0.1) is 28.4 Å². The minimum absolute atomic E-state index is 0.0910. The fraction of sp³-hybridized carbons (Fsp3) is 0.304. The molecule has 2 unspecified atom stereocenters. The summed E-state index contributed by atoms with van der Waals surface area (Å²) in [5, 5.41) is 11.6. The van der Waals surface area contributed by atoms with Crippen LogP contribution in [0.2, 0.25) is 5.02 Å². The minimum atomic E-state index is -0.505. The number of nitro benzene ring substituents is 1. The van der Waals surface area contributed by atoms with Crippen molar-refractivity contribution in [2.24, 2.45) is 0 Å². The van der Waals surface area contributed by atoms with Crippen molar-refractivity contribution in [2.45, 2.75) is 33.0 Å². The minimum Gasteiger partial charge on any atom is -0.372 e. The summed E-state index contributed by atoms with van der Waals surface area (Å²) in [7, 11) is 0. The van der Waals surface area contributed by atoms with Crippen LogP contribution in [-0.4, -0.2) is 46.9 Å². The van der Waals surface area contributed by atoms with Crippen LogP contribution in [-0.2, 0) is 14.3 Å². The molecule has 0 saturated carbocycles. The number of carbonyl (C=O) groups excluding carboxylic acids is 2. The first-order valence-corrected chi connectivity index (χ1v) is 10.6. The highest BCUT2D eigenvalue weighted by Gasteiger charge is 2.44. The summed E-state index contributed by atoms with van der Waals surface area (Å²) in [6.45, 7) is 6.50. The Bertz CT molecular complexity index is 1130. The Balaban J connectivity index is 1.85. The summed E-state index contributed by atoms with van der Waals surface area (Å²) in [4.78, 5) is 40.9. The third kappa shape index (κ3) is 3.87. The molecule has 32 heavy (non-hydrogen) atoms. The largest absolute Gasteiger partial charge is 0.372 e. The van der Waals surface area contributed by atoms with Gasteiger partial charge in [0.2, 0.25) is 0 Å². The average Bonchev–Trinajstić information content (AvgIpc) is 2.98. The van der Waals surface area contributed by atoms with Crippen molar-refractivity contribution >= 4 is 40.4 Å². The highest BCUT2D eigenvalue weighted by molar-refractivity contribution is 6.45. The number of morpholine rings is 1. The topological polar surface area (TPSA) is 93.0 Å². The number of non-ortho nitro benzene ring substituents is 1. The fourth-order valence-electron chi connectivity index (χ4n) is 4.27. The van der Waals surface area contributed by atoms with Crippen molar-refractivity contribution in [3.8, 4) is 0 Å². The molecule has 1 saturated heterocycles. The van der Waals surface area contributed by atoms with Crippen molar-refractivity contribution in [3.63, 3.8) is 0 Å². The standard InChI is InChI=1S/C23H22ClN3O5/c1-13-10-17(24)6-9-19(13)26-22(28)20(16-4-7-18(8-5-16)27(30)31)21(23(26)29)25-11-14(2)32-15(3)12-25/h4-10,14-15H,11-12H2,1-3H3. The Morgan fingerprint density at radius 3 is 2.22 bits per heavy atom. The van der Waals surface area contributed by atoms with Crippen molar-refractivity contribution in [1.82, 2.24) is 4.90 Å². The van der Waals surface area contributed by atoms with E-state index in [1.807, 2.05) is 18.7 Å². The maximum absolute atomic E-state index is 13.6. The lowest BCUT2D eigenvalue weighted by Gasteiger charge is -2.37. The van der Waals surface area contributed by atoms with E-state index >= 15 is 0 Å². The third-order valence-corrected chi connectivity index (χ3v) is 5.80. The molecule has 2 atom stereocenters. The first-order chi connectivity index (χ1) is 15.2. The van der Waals surface area contributed by atoms with Gasteiger partial charge in [0.25, 0.3) is 17.5 Å². The van der Waals surface area contributed by atoms with E-state index in [9.17, 15) is 19.7 Å². The van der Waals surface area contributed by atoms with Gasteiger partial charge in [0.15, 0.2) is 0 Å². The Morgan fingerprint density at radius 1 is 1.03 bits per heavy atom. The lowest BCUT2D eigenvalue weighted by molar-refractivity contribution is -0.384. The third-order valence-electron chi connectivity index (χ3n) is 5.56. The maximum Gasteiger partial charge on any atom is 0.282 e. The zero-order chi connectivity index (χ0) is 23.2. The van der Waals surface area contributed by atoms with Gasteiger partial charge in [-0.15, -0.1) is 0 Å². The lowest BCUT2D eigenvalue weighted by Crippen LogP contribution is -2.47. The number of rotatable bonds is 4. The molecular weight excluding hydrogens is 434 g/mol. The van der Waals surface area contributed by atoms with Gasteiger partial charge < -0.3 is 9.64 Å². The molecule has 2 heterocycles. The number of aryl methyl sites for hydroxylation is 1. The molecule has 2 aromatic carbocycles. The molecule has 8 nitrogen and oxygen atoms in total. The second-order valence-corrected chi connectivity index (χ2v) is 8.50. The van der Waals surface area contributed by atoms with Gasteiger partial charge in [-0.2, -0.15) is 0 Å². The normalized spacial score (nSPS) is 21.5. The molecular formula is C23H22ClN3O5. The SMILES string of the molecule is Cc1cc(Cl)ccc1N1C(=O)C(c2ccc([N+](=O)[O-])cc2)=C(N2CC(C)OC(C)C2)C1=O. The van der Waals surface area contributed by atoms with E-state index in [-0.39, 0.29) is 29.2 Å². The highest BCUT2D eigenvalue weighted by atomic mass is 35.5. The van der Waals surface area contributed by atoms with Gasteiger partial charge in [-0.05, 0) is 62.2 Å². The molecule has 2 aliphatic rings. The molecule has 166 valence electrons. The molecule has 0 spiro atoms. The molecule has 2 aromatic rings. The second-order valence-electron chi connectivity index (χ2n) is 8.07. The van der Waals surface area contributed by atoms with Crippen LogP contribution < -0.4 is 4.90 Å². The van der Waals surface area contributed by atoms with Crippen LogP contribution in [0.3, 0.4) is 0 Å². The Hall–Kier alpha value is -3.23. The molecule has 2 aliphatic heterocycles. The van der Waals surface area contributed by atoms with E-state index in [1.165, 1.54) is 24.3 Å². The number of ether oxygens (including phenoxy) is 1. The van der Waals surface area contributed by atoms with Crippen molar-refractivity contribution in [3.05, 3.63) is 74.4 Å². The van der Waals surface area contributed by atoms with Gasteiger partial charge in [-0.25, -0.2) is 4.90 Å². The maximum atomic E-state index is 13.6. The van der Waals surface area contributed by atoms with Crippen LogP contribution >= 0.6 is 11.6 Å². The number of amides is 2. The van der Waals surface area contributed by atoms with E-state index < -0.39 is 16.7 Å². The summed E-state index contributed by atoms with van der Waals surface area (Å²) in [6, 6.07) is 10.6. The number of hydrogen-bond donors (Lipinski definition) is 0. The van der Waals surface area contributed by atoms with Crippen molar-refractivity contribution < 1.29 is 19.2 Å². The molecule has 0 radical (unpaired) electrons. The van der Waals surface area contributed by atoms with Crippen LogP contribution in [0.15, 0.2) is 48.2 Å². The predicted molar refractivity (Wildman–Crippen MR) is 120 cm³/mol. The van der Waals surface area contributed by atoms with Crippen LogP contribution in [0.1, 0.15) is 25.0 Å². The van der Waals surface area contributed by atoms with E-state index in [4.69, 9.17) is 16.3 Å². The quantitative estimate of drug-likeness (QED) is 0.393. The number of carbonyl (C=O) groups is 2. The van der Waals surface area contributed by atoms with E-state index in [2.05, 4.69) is 0 Å². The van der Waals surface area contributed by atoms with Gasteiger partial charge in [-0.3, -0.25) is 19.7 Å². The zero-order valence-electron chi connectivity index (χ0n) is 17.9. The Labute approximate surface area is 190 Å². The van der Waals surface area contributed by atoms with Crippen molar-refractivity contribution in [1.29, 1.82) is 0 Å². The van der Waals surface area contributed by atoms with Crippen LogP contribution in [0.5, 0.6) is 0 Å². The smallest absolute Gasteiger partial charge is 0.282 e.